The van der Waals surface area contributed by atoms with E-state index >= 15 is 0 Å². The second kappa shape index (κ2) is 5.19. The summed E-state index contributed by atoms with van der Waals surface area (Å²) < 4.78 is 0. The Morgan fingerprint density at radius 3 is 3.15 bits per heavy atom. The molecule has 0 spiro atoms. The van der Waals surface area contributed by atoms with Crippen molar-refractivity contribution in [1.82, 2.24) is 15.5 Å². The van der Waals surface area contributed by atoms with E-state index < -0.39 is 0 Å². The van der Waals surface area contributed by atoms with Gasteiger partial charge in [-0.2, -0.15) is 0 Å². The van der Waals surface area contributed by atoms with Crippen molar-refractivity contribution in [2.45, 2.75) is 19.4 Å². The van der Waals surface area contributed by atoms with Gasteiger partial charge >= 0.3 is 0 Å². The molecule has 4 nitrogen and oxygen atoms in total. The van der Waals surface area contributed by atoms with Crippen LogP contribution in [0.5, 0.6) is 0 Å². The van der Waals surface area contributed by atoms with Crippen LogP contribution in [-0.2, 0) is 4.79 Å². The van der Waals surface area contributed by atoms with Gasteiger partial charge < -0.3 is 10.6 Å². The molecule has 0 bridgehead atoms. The largest absolute Gasteiger partial charge is 0.353 e. The van der Waals surface area contributed by atoms with E-state index in [0.29, 0.717) is 0 Å². The second-order valence-electron chi connectivity index (χ2n) is 3.46. The predicted octanol–water partition coefficient (Wildman–Crippen LogP) is -0.584. The lowest BCUT2D eigenvalue weighted by Crippen LogP contribution is -2.54. The highest BCUT2D eigenvalue weighted by Gasteiger charge is 2.24. The first-order valence-electron chi connectivity index (χ1n) is 4.92. The van der Waals surface area contributed by atoms with E-state index in [9.17, 15) is 4.79 Å². The van der Waals surface area contributed by atoms with Crippen LogP contribution in [0.2, 0.25) is 0 Å². The van der Waals surface area contributed by atoms with Gasteiger partial charge in [-0.1, -0.05) is 0 Å². The van der Waals surface area contributed by atoms with Crippen LogP contribution in [0.15, 0.2) is 0 Å². The fraction of sp³-hybridized carbons (Fsp3) is 0.889. The Labute approximate surface area is 79.7 Å². The number of hydrogen-bond donors (Lipinski definition) is 2. The summed E-state index contributed by atoms with van der Waals surface area (Å²) >= 11 is 0. The average molecular weight is 185 g/mol. The van der Waals surface area contributed by atoms with E-state index in [4.69, 9.17) is 0 Å². The fourth-order valence-corrected chi connectivity index (χ4v) is 1.59. The number of piperazine rings is 1. The Morgan fingerprint density at radius 2 is 2.46 bits per heavy atom. The van der Waals surface area contributed by atoms with Crippen molar-refractivity contribution in [3.05, 3.63) is 0 Å². The molecule has 1 heterocycles. The van der Waals surface area contributed by atoms with Gasteiger partial charge in [-0.15, -0.1) is 0 Å². The van der Waals surface area contributed by atoms with Crippen LogP contribution in [0.25, 0.3) is 0 Å². The first-order valence-corrected chi connectivity index (χ1v) is 4.92. The van der Waals surface area contributed by atoms with Gasteiger partial charge in [-0.3, -0.25) is 9.69 Å². The SMILES string of the molecule is CNCCCN1CCNC(=O)C1C. The maximum absolute atomic E-state index is 11.3. The van der Waals surface area contributed by atoms with Crippen LogP contribution in [-0.4, -0.2) is 50.1 Å². The van der Waals surface area contributed by atoms with Crippen LogP contribution in [0.1, 0.15) is 13.3 Å². The van der Waals surface area contributed by atoms with E-state index in [2.05, 4.69) is 15.5 Å². The molecule has 1 rings (SSSR count). The molecular weight excluding hydrogens is 166 g/mol. The molecule has 0 saturated carbocycles. The Morgan fingerprint density at radius 1 is 1.69 bits per heavy atom. The zero-order chi connectivity index (χ0) is 9.68. The van der Waals surface area contributed by atoms with Crippen LogP contribution >= 0.6 is 0 Å². The molecule has 0 aromatic carbocycles. The van der Waals surface area contributed by atoms with Crippen molar-refractivity contribution >= 4 is 5.91 Å². The molecule has 1 atom stereocenters. The van der Waals surface area contributed by atoms with E-state index in [0.717, 1.165) is 32.6 Å². The van der Waals surface area contributed by atoms with Gasteiger partial charge in [0.05, 0.1) is 6.04 Å². The van der Waals surface area contributed by atoms with Gasteiger partial charge in [0.15, 0.2) is 0 Å². The van der Waals surface area contributed by atoms with Crippen molar-refractivity contribution < 1.29 is 4.79 Å². The molecule has 0 aliphatic carbocycles. The number of nitrogens with zero attached hydrogens (tertiary/aromatic N) is 1. The molecule has 76 valence electrons. The van der Waals surface area contributed by atoms with Crippen molar-refractivity contribution in [2.75, 3.05) is 33.2 Å². The standard InChI is InChI=1S/C9H19N3O/c1-8-9(13)11-5-7-12(8)6-3-4-10-2/h8,10H,3-7H2,1-2H3,(H,11,13). The molecule has 2 N–H and O–H groups in total. The number of amides is 1. The van der Waals surface area contributed by atoms with Crippen molar-refractivity contribution in [1.29, 1.82) is 0 Å². The summed E-state index contributed by atoms with van der Waals surface area (Å²) in [5.41, 5.74) is 0. The lowest BCUT2D eigenvalue weighted by molar-refractivity contribution is -0.128. The summed E-state index contributed by atoms with van der Waals surface area (Å²) in [6.45, 7) is 5.77. The van der Waals surface area contributed by atoms with Crippen molar-refractivity contribution in [3.8, 4) is 0 Å². The molecule has 0 radical (unpaired) electrons. The zero-order valence-corrected chi connectivity index (χ0v) is 8.47. The highest BCUT2D eigenvalue weighted by molar-refractivity contribution is 5.81. The monoisotopic (exact) mass is 185 g/mol. The first kappa shape index (κ1) is 10.5. The molecular formula is C9H19N3O. The summed E-state index contributed by atoms with van der Waals surface area (Å²) in [5.74, 6) is 0.163. The number of rotatable bonds is 4. The minimum absolute atomic E-state index is 0.0469. The Hall–Kier alpha value is -0.610. The van der Waals surface area contributed by atoms with Crippen LogP contribution in [0, 0.1) is 0 Å². The Kier molecular flexibility index (Phi) is 4.18. The zero-order valence-electron chi connectivity index (χ0n) is 8.47. The molecule has 0 aromatic heterocycles. The van der Waals surface area contributed by atoms with Crippen molar-refractivity contribution in [2.24, 2.45) is 0 Å². The lowest BCUT2D eigenvalue weighted by Gasteiger charge is -2.32. The molecule has 0 aromatic rings. The molecule has 1 saturated heterocycles. The topological polar surface area (TPSA) is 44.4 Å². The molecule has 13 heavy (non-hydrogen) atoms. The third kappa shape index (κ3) is 2.97. The Bertz CT molecular complexity index is 172. The third-order valence-electron chi connectivity index (χ3n) is 2.50. The lowest BCUT2D eigenvalue weighted by atomic mass is 10.2. The maximum Gasteiger partial charge on any atom is 0.237 e. The molecule has 4 heteroatoms. The van der Waals surface area contributed by atoms with Crippen LogP contribution < -0.4 is 10.6 Å². The minimum Gasteiger partial charge on any atom is -0.353 e. The van der Waals surface area contributed by atoms with Crippen LogP contribution in [0.4, 0.5) is 0 Å². The van der Waals surface area contributed by atoms with Gasteiger partial charge in [0.25, 0.3) is 0 Å². The quantitative estimate of drug-likeness (QED) is 0.576. The second-order valence-corrected chi connectivity index (χ2v) is 3.46. The maximum atomic E-state index is 11.3. The van der Waals surface area contributed by atoms with Gasteiger partial charge in [-0.05, 0) is 26.9 Å². The van der Waals surface area contributed by atoms with Crippen LogP contribution in [0.3, 0.4) is 0 Å². The van der Waals surface area contributed by atoms with Crippen molar-refractivity contribution in [3.63, 3.8) is 0 Å². The van der Waals surface area contributed by atoms with Gasteiger partial charge in [0, 0.05) is 19.6 Å². The molecule has 1 unspecified atom stereocenters. The fourth-order valence-electron chi connectivity index (χ4n) is 1.59. The van der Waals surface area contributed by atoms with Gasteiger partial charge in [-0.25, -0.2) is 0 Å². The highest BCUT2D eigenvalue weighted by atomic mass is 16.2. The minimum atomic E-state index is 0.0469. The number of hydrogen-bond acceptors (Lipinski definition) is 3. The molecule has 1 fully saturated rings. The van der Waals surface area contributed by atoms with Gasteiger partial charge in [0.2, 0.25) is 5.91 Å². The highest BCUT2D eigenvalue weighted by Crippen LogP contribution is 2.03. The number of carbonyl (C=O) groups excluding carboxylic acids is 1. The molecule has 1 aliphatic rings. The summed E-state index contributed by atoms with van der Waals surface area (Å²) in [7, 11) is 1.95. The van der Waals surface area contributed by atoms with E-state index in [-0.39, 0.29) is 11.9 Å². The predicted molar refractivity (Wildman–Crippen MR) is 52.6 cm³/mol. The Balaban J connectivity index is 2.27. The third-order valence-corrected chi connectivity index (χ3v) is 2.50. The summed E-state index contributed by atoms with van der Waals surface area (Å²) in [6.07, 6.45) is 1.11. The summed E-state index contributed by atoms with van der Waals surface area (Å²) in [6, 6.07) is 0.0469. The summed E-state index contributed by atoms with van der Waals surface area (Å²) in [5, 5.41) is 5.96. The normalized spacial score (nSPS) is 24.5. The molecule has 1 amide bonds. The number of nitrogens with one attached hydrogen (secondary N) is 2. The van der Waals surface area contributed by atoms with E-state index in [1.807, 2.05) is 14.0 Å². The first-order chi connectivity index (χ1) is 6.25. The molecule has 1 aliphatic heterocycles. The average Bonchev–Trinajstić information content (AvgIpc) is 2.13. The van der Waals surface area contributed by atoms with E-state index in [1.54, 1.807) is 0 Å². The smallest absolute Gasteiger partial charge is 0.237 e. The van der Waals surface area contributed by atoms with E-state index in [1.165, 1.54) is 0 Å². The van der Waals surface area contributed by atoms with Gasteiger partial charge in [0.1, 0.15) is 0 Å². The number of carbonyl (C=O) groups is 1. The summed E-state index contributed by atoms with van der Waals surface area (Å²) in [4.78, 5) is 13.5.